The summed E-state index contributed by atoms with van der Waals surface area (Å²) in [5.74, 6) is 1.60. The number of anilines is 1. The highest BCUT2D eigenvalue weighted by Crippen LogP contribution is 2.29. The van der Waals surface area contributed by atoms with Crippen LogP contribution in [-0.2, 0) is 19.4 Å². The van der Waals surface area contributed by atoms with E-state index >= 15 is 0 Å². The fraction of sp³-hybridized carbons (Fsp3) is 0.381. The molecule has 0 N–H and O–H groups in total. The molecule has 136 valence electrons. The molecule has 26 heavy (non-hydrogen) atoms. The molecule has 0 unspecified atom stereocenters. The van der Waals surface area contributed by atoms with Crippen molar-refractivity contribution in [1.82, 2.24) is 15.0 Å². The zero-order valence-electron chi connectivity index (χ0n) is 15.8. The Kier molecular flexibility index (Phi) is 6.00. The molecule has 0 spiro atoms. The van der Waals surface area contributed by atoms with Crippen LogP contribution in [0, 0.1) is 0 Å². The fourth-order valence-corrected chi connectivity index (χ4v) is 3.19. The van der Waals surface area contributed by atoms with Crippen LogP contribution in [0.5, 0.6) is 0 Å². The predicted octanol–water partition coefficient (Wildman–Crippen LogP) is 4.67. The van der Waals surface area contributed by atoms with Crippen molar-refractivity contribution in [2.24, 2.45) is 0 Å². The van der Waals surface area contributed by atoms with E-state index < -0.39 is 0 Å². The van der Waals surface area contributed by atoms with Crippen molar-refractivity contribution in [3.05, 3.63) is 59.9 Å². The third-order valence-electron chi connectivity index (χ3n) is 4.35. The molecule has 1 aliphatic heterocycles. The van der Waals surface area contributed by atoms with Crippen LogP contribution < -0.4 is 4.90 Å². The molecule has 1 aliphatic rings. The lowest BCUT2D eigenvalue weighted by Gasteiger charge is -2.29. The zero-order chi connectivity index (χ0) is 18.4. The summed E-state index contributed by atoms with van der Waals surface area (Å²) >= 11 is 0. The Labute approximate surface area is 155 Å². The van der Waals surface area contributed by atoms with Crippen molar-refractivity contribution in [2.45, 2.75) is 46.6 Å². The van der Waals surface area contributed by atoms with Crippen molar-refractivity contribution in [3.8, 4) is 11.6 Å². The minimum atomic E-state index is 0.617. The predicted molar refractivity (Wildman–Crippen MR) is 104 cm³/mol. The van der Waals surface area contributed by atoms with Gasteiger partial charge >= 0.3 is 0 Å². The first-order chi connectivity index (χ1) is 12.8. The molecule has 0 aromatic carbocycles. The van der Waals surface area contributed by atoms with Gasteiger partial charge in [-0.15, -0.1) is 0 Å². The van der Waals surface area contributed by atoms with Gasteiger partial charge in [0.2, 0.25) is 5.89 Å². The minimum Gasteiger partial charge on any atom is -0.439 e. The Morgan fingerprint density at radius 3 is 2.81 bits per heavy atom. The molecule has 3 aromatic heterocycles. The smallest absolute Gasteiger partial charge is 0.245 e. The molecule has 0 saturated carbocycles. The third-order valence-corrected chi connectivity index (χ3v) is 4.35. The quantitative estimate of drug-likeness (QED) is 0.684. The minimum absolute atomic E-state index is 0.617. The van der Waals surface area contributed by atoms with Crippen molar-refractivity contribution in [1.29, 1.82) is 0 Å². The summed E-state index contributed by atoms with van der Waals surface area (Å²) in [4.78, 5) is 15.7. The maximum absolute atomic E-state index is 5.94. The first kappa shape index (κ1) is 18.1. The third kappa shape index (κ3) is 3.77. The summed E-state index contributed by atoms with van der Waals surface area (Å²) in [7, 11) is 0. The number of fused-ring (bicyclic) bond motifs is 1. The molecule has 0 aliphatic carbocycles. The van der Waals surface area contributed by atoms with Crippen molar-refractivity contribution < 1.29 is 4.42 Å². The first-order valence-corrected chi connectivity index (χ1v) is 9.43. The molecule has 0 saturated heterocycles. The van der Waals surface area contributed by atoms with Gasteiger partial charge in [-0.1, -0.05) is 33.3 Å². The standard InChI is InChI=1S/C19H20N4O.C2H6/c1-2-5-14-12-20-10-7-17(14)23-11-8-18-16(13-23)22-19(24-18)15-6-3-4-9-21-15;1-2/h3-4,6-7,9-10,12H,2,5,8,11,13H2,1H3;1-2H3. The lowest BCUT2D eigenvalue weighted by Crippen LogP contribution is -2.30. The molecule has 0 radical (unpaired) electrons. The summed E-state index contributed by atoms with van der Waals surface area (Å²) in [6, 6.07) is 7.88. The molecule has 5 heteroatoms. The van der Waals surface area contributed by atoms with E-state index in [1.165, 1.54) is 11.3 Å². The molecule has 0 amide bonds. The molecular weight excluding hydrogens is 324 g/mol. The van der Waals surface area contributed by atoms with E-state index in [2.05, 4.69) is 32.8 Å². The number of rotatable bonds is 4. The monoisotopic (exact) mass is 350 g/mol. The second kappa shape index (κ2) is 8.61. The van der Waals surface area contributed by atoms with Gasteiger partial charge in [-0.05, 0) is 30.2 Å². The molecule has 0 bridgehead atoms. The van der Waals surface area contributed by atoms with Crippen LogP contribution in [0.1, 0.15) is 44.2 Å². The molecular formula is C21H26N4O. The summed E-state index contributed by atoms with van der Waals surface area (Å²) in [6.07, 6.45) is 8.64. The van der Waals surface area contributed by atoms with Gasteiger partial charge in [0.1, 0.15) is 17.1 Å². The first-order valence-electron chi connectivity index (χ1n) is 9.43. The van der Waals surface area contributed by atoms with Gasteiger partial charge in [0, 0.05) is 37.2 Å². The van der Waals surface area contributed by atoms with Crippen LogP contribution in [0.3, 0.4) is 0 Å². The Morgan fingerprint density at radius 1 is 1.15 bits per heavy atom. The van der Waals surface area contributed by atoms with Gasteiger partial charge in [0.25, 0.3) is 0 Å². The number of oxazole rings is 1. The lowest BCUT2D eigenvalue weighted by molar-refractivity contribution is 0.498. The fourth-order valence-electron chi connectivity index (χ4n) is 3.19. The van der Waals surface area contributed by atoms with Gasteiger partial charge in [0.05, 0.1) is 6.54 Å². The lowest BCUT2D eigenvalue weighted by atomic mass is 10.1. The van der Waals surface area contributed by atoms with Gasteiger partial charge in [-0.25, -0.2) is 4.98 Å². The number of hydrogen-bond donors (Lipinski definition) is 0. The van der Waals surface area contributed by atoms with Crippen molar-refractivity contribution in [3.63, 3.8) is 0 Å². The highest BCUT2D eigenvalue weighted by Gasteiger charge is 2.24. The molecule has 4 rings (SSSR count). The van der Waals surface area contributed by atoms with Crippen LogP contribution in [0.15, 0.2) is 47.3 Å². The van der Waals surface area contributed by atoms with Crippen LogP contribution in [0.2, 0.25) is 0 Å². The number of hydrogen-bond acceptors (Lipinski definition) is 5. The highest BCUT2D eigenvalue weighted by molar-refractivity contribution is 5.54. The van der Waals surface area contributed by atoms with Crippen LogP contribution in [0.4, 0.5) is 5.69 Å². The van der Waals surface area contributed by atoms with E-state index in [0.717, 1.165) is 49.5 Å². The molecule has 3 aromatic rings. The normalized spacial score (nSPS) is 13.0. The number of aromatic nitrogens is 3. The van der Waals surface area contributed by atoms with Crippen LogP contribution >= 0.6 is 0 Å². The number of pyridine rings is 2. The van der Waals surface area contributed by atoms with E-state index in [1.807, 2.05) is 44.4 Å². The summed E-state index contributed by atoms with van der Waals surface area (Å²) < 4.78 is 5.94. The highest BCUT2D eigenvalue weighted by atomic mass is 16.4. The van der Waals surface area contributed by atoms with E-state index in [4.69, 9.17) is 4.42 Å². The second-order valence-electron chi connectivity index (χ2n) is 6.03. The second-order valence-corrected chi connectivity index (χ2v) is 6.03. The maximum atomic E-state index is 5.94. The Hall–Kier alpha value is -2.69. The van der Waals surface area contributed by atoms with Gasteiger partial charge in [0.15, 0.2) is 0 Å². The Morgan fingerprint density at radius 2 is 2.04 bits per heavy atom. The van der Waals surface area contributed by atoms with Gasteiger partial charge < -0.3 is 9.32 Å². The van der Waals surface area contributed by atoms with E-state index in [-0.39, 0.29) is 0 Å². The molecule has 0 fully saturated rings. The van der Waals surface area contributed by atoms with Crippen molar-refractivity contribution in [2.75, 3.05) is 11.4 Å². The largest absolute Gasteiger partial charge is 0.439 e. The molecule has 5 nitrogen and oxygen atoms in total. The number of aryl methyl sites for hydroxylation is 1. The maximum Gasteiger partial charge on any atom is 0.245 e. The SMILES string of the molecule is CC.CCCc1cnccc1N1CCc2oc(-c3ccccn3)nc2C1. The van der Waals surface area contributed by atoms with Crippen LogP contribution in [-0.4, -0.2) is 21.5 Å². The summed E-state index contributed by atoms with van der Waals surface area (Å²) in [6.45, 7) is 7.90. The molecule has 0 atom stereocenters. The number of nitrogens with zero attached hydrogens (tertiary/aromatic N) is 4. The van der Waals surface area contributed by atoms with E-state index in [9.17, 15) is 0 Å². The zero-order valence-corrected chi connectivity index (χ0v) is 15.8. The average Bonchev–Trinajstić information content (AvgIpc) is 3.14. The summed E-state index contributed by atoms with van der Waals surface area (Å²) in [5.41, 5.74) is 4.37. The van der Waals surface area contributed by atoms with Gasteiger partial charge in [-0.2, -0.15) is 0 Å². The Balaban J connectivity index is 0.000000948. The topological polar surface area (TPSA) is 55.1 Å². The van der Waals surface area contributed by atoms with Crippen LogP contribution in [0.25, 0.3) is 11.6 Å². The Bertz CT molecular complexity index is 829. The molecule has 4 heterocycles. The van der Waals surface area contributed by atoms with E-state index in [1.54, 1.807) is 6.20 Å². The van der Waals surface area contributed by atoms with Crippen molar-refractivity contribution >= 4 is 5.69 Å². The average molecular weight is 350 g/mol. The summed E-state index contributed by atoms with van der Waals surface area (Å²) in [5, 5.41) is 0. The van der Waals surface area contributed by atoms with Gasteiger partial charge in [-0.3, -0.25) is 9.97 Å². The van der Waals surface area contributed by atoms with E-state index in [0.29, 0.717) is 5.89 Å².